The average Bonchev–Trinajstić information content (AvgIpc) is 3.06. The van der Waals surface area contributed by atoms with Crippen LogP contribution < -0.4 is 5.32 Å². The van der Waals surface area contributed by atoms with E-state index in [4.69, 9.17) is 4.42 Å². The summed E-state index contributed by atoms with van der Waals surface area (Å²) in [5.41, 5.74) is 0.781. The second kappa shape index (κ2) is 4.69. The summed E-state index contributed by atoms with van der Waals surface area (Å²) in [6, 6.07) is 9.17. The van der Waals surface area contributed by atoms with Gasteiger partial charge in [0, 0.05) is 5.56 Å². The summed E-state index contributed by atoms with van der Waals surface area (Å²) >= 11 is 0. The second-order valence-electron chi connectivity index (χ2n) is 5.77. The molecule has 1 saturated carbocycles. The molecule has 1 aromatic carbocycles. The molecule has 2 fully saturated rings. The first-order valence-corrected chi connectivity index (χ1v) is 7.32. The van der Waals surface area contributed by atoms with Crippen LogP contribution in [0, 0.1) is 0 Å². The van der Waals surface area contributed by atoms with Gasteiger partial charge in [0.2, 0.25) is 5.89 Å². The number of nitrogens with zero attached hydrogens (tertiary/aromatic N) is 2. The van der Waals surface area contributed by atoms with Crippen molar-refractivity contribution in [2.45, 2.75) is 31.3 Å². The summed E-state index contributed by atoms with van der Waals surface area (Å²) in [6.45, 7) is 0.142. The number of carbonyl (C=O) groups is 2. The SMILES string of the molecule is O=C1NC2(CCC2)C(=O)N1Cc1coc(-c2ccccc2)n1. The van der Waals surface area contributed by atoms with E-state index in [1.54, 1.807) is 0 Å². The van der Waals surface area contributed by atoms with E-state index in [-0.39, 0.29) is 18.5 Å². The fraction of sp³-hybridized carbons (Fsp3) is 0.312. The number of amides is 3. The number of hydrogen-bond acceptors (Lipinski definition) is 4. The summed E-state index contributed by atoms with van der Waals surface area (Å²) < 4.78 is 5.44. The minimum absolute atomic E-state index is 0.142. The average molecular weight is 297 g/mol. The van der Waals surface area contributed by atoms with Crippen LogP contribution in [0.2, 0.25) is 0 Å². The monoisotopic (exact) mass is 297 g/mol. The second-order valence-corrected chi connectivity index (χ2v) is 5.77. The van der Waals surface area contributed by atoms with Gasteiger partial charge in [-0.05, 0) is 31.4 Å². The molecule has 1 aliphatic carbocycles. The summed E-state index contributed by atoms with van der Waals surface area (Å²) in [6.07, 6.45) is 3.92. The maximum Gasteiger partial charge on any atom is 0.325 e. The molecule has 1 aliphatic heterocycles. The zero-order valence-electron chi connectivity index (χ0n) is 11.9. The summed E-state index contributed by atoms with van der Waals surface area (Å²) in [4.78, 5) is 30.0. The molecule has 1 N–H and O–H groups in total. The largest absolute Gasteiger partial charge is 0.444 e. The van der Waals surface area contributed by atoms with Crippen molar-refractivity contribution >= 4 is 11.9 Å². The van der Waals surface area contributed by atoms with Gasteiger partial charge in [0.1, 0.15) is 11.8 Å². The summed E-state index contributed by atoms with van der Waals surface area (Å²) in [7, 11) is 0. The van der Waals surface area contributed by atoms with Gasteiger partial charge in [0.15, 0.2) is 0 Å². The maximum atomic E-state index is 12.4. The number of nitrogens with one attached hydrogen (secondary N) is 1. The van der Waals surface area contributed by atoms with Gasteiger partial charge in [-0.2, -0.15) is 0 Å². The number of aromatic nitrogens is 1. The number of hydrogen-bond donors (Lipinski definition) is 1. The number of rotatable bonds is 3. The number of carbonyl (C=O) groups excluding carboxylic acids is 2. The lowest BCUT2D eigenvalue weighted by Crippen LogP contribution is -2.52. The Morgan fingerprint density at radius 1 is 1.23 bits per heavy atom. The van der Waals surface area contributed by atoms with Gasteiger partial charge in [0.05, 0.1) is 12.2 Å². The van der Waals surface area contributed by atoms with Crippen LogP contribution >= 0.6 is 0 Å². The van der Waals surface area contributed by atoms with Crippen LogP contribution in [0.4, 0.5) is 4.79 Å². The highest BCUT2D eigenvalue weighted by atomic mass is 16.3. The van der Waals surface area contributed by atoms with Crippen LogP contribution in [0.15, 0.2) is 41.0 Å². The van der Waals surface area contributed by atoms with Crippen molar-refractivity contribution in [2.75, 3.05) is 0 Å². The van der Waals surface area contributed by atoms with E-state index in [0.717, 1.165) is 24.8 Å². The van der Waals surface area contributed by atoms with E-state index in [0.29, 0.717) is 11.6 Å². The van der Waals surface area contributed by atoms with Crippen molar-refractivity contribution in [1.29, 1.82) is 0 Å². The topological polar surface area (TPSA) is 75.4 Å². The predicted molar refractivity (Wildman–Crippen MR) is 77.6 cm³/mol. The highest BCUT2D eigenvalue weighted by Crippen LogP contribution is 2.37. The Labute approximate surface area is 127 Å². The quantitative estimate of drug-likeness (QED) is 0.882. The molecule has 0 unspecified atom stereocenters. The standard InChI is InChI=1S/C16H15N3O3/c20-14-16(7-4-8-16)18-15(21)19(14)9-12-10-22-13(17-12)11-5-2-1-3-6-11/h1-3,5-6,10H,4,7-9H2,(H,18,21). The fourth-order valence-corrected chi connectivity index (χ4v) is 2.94. The van der Waals surface area contributed by atoms with Crippen LogP contribution in [0.3, 0.4) is 0 Å². The van der Waals surface area contributed by atoms with Gasteiger partial charge >= 0.3 is 6.03 Å². The van der Waals surface area contributed by atoms with Crippen LogP contribution in [0.5, 0.6) is 0 Å². The van der Waals surface area contributed by atoms with E-state index >= 15 is 0 Å². The minimum Gasteiger partial charge on any atom is -0.444 e. The predicted octanol–water partition coefficient (Wildman–Crippen LogP) is 2.32. The lowest BCUT2D eigenvalue weighted by Gasteiger charge is -2.34. The highest BCUT2D eigenvalue weighted by Gasteiger charge is 2.54. The van der Waals surface area contributed by atoms with Crippen molar-refractivity contribution < 1.29 is 14.0 Å². The Morgan fingerprint density at radius 2 is 2.00 bits per heavy atom. The van der Waals surface area contributed by atoms with Crippen LogP contribution in [-0.4, -0.2) is 27.4 Å². The minimum atomic E-state index is -0.650. The van der Waals surface area contributed by atoms with Gasteiger partial charge in [0.25, 0.3) is 5.91 Å². The summed E-state index contributed by atoms with van der Waals surface area (Å²) in [5.74, 6) is 0.342. The molecule has 0 atom stereocenters. The van der Waals surface area contributed by atoms with Crippen LogP contribution in [0.25, 0.3) is 11.5 Å². The third kappa shape index (κ3) is 1.91. The van der Waals surface area contributed by atoms with Crippen molar-refractivity contribution in [3.63, 3.8) is 0 Å². The third-order valence-electron chi connectivity index (χ3n) is 4.35. The Morgan fingerprint density at radius 3 is 2.64 bits per heavy atom. The molecular formula is C16H15N3O3. The van der Waals surface area contributed by atoms with E-state index in [9.17, 15) is 9.59 Å². The fourth-order valence-electron chi connectivity index (χ4n) is 2.94. The number of benzene rings is 1. The molecule has 112 valence electrons. The molecular weight excluding hydrogens is 282 g/mol. The first kappa shape index (κ1) is 13.1. The molecule has 6 heteroatoms. The van der Waals surface area contributed by atoms with Crippen LogP contribution in [0.1, 0.15) is 25.0 Å². The van der Waals surface area contributed by atoms with E-state index in [1.807, 2.05) is 30.3 Å². The first-order chi connectivity index (χ1) is 10.7. The van der Waals surface area contributed by atoms with Crippen LogP contribution in [-0.2, 0) is 11.3 Å². The van der Waals surface area contributed by atoms with E-state index in [1.165, 1.54) is 11.2 Å². The molecule has 1 saturated heterocycles. The molecule has 0 bridgehead atoms. The highest BCUT2D eigenvalue weighted by molar-refractivity contribution is 6.07. The lowest BCUT2D eigenvalue weighted by atomic mass is 9.77. The molecule has 3 amide bonds. The Balaban J connectivity index is 1.54. The van der Waals surface area contributed by atoms with Gasteiger partial charge in [-0.3, -0.25) is 9.69 Å². The number of imide groups is 1. The summed E-state index contributed by atoms with van der Waals surface area (Å²) in [5, 5.41) is 2.80. The van der Waals surface area contributed by atoms with Gasteiger partial charge < -0.3 is 9.73 Å². The van der Waals surface area contributed by atoms with Gasteiger partial charge in [-0.15, -0.1) is 0 Å². The maximum absolute atomic E-state index is 12.4. The zero-order chi connectivity index (χ0) is 15.2. The van der Waals surface area contributed by atoms with Gasteiger partial charge in [-0.1, -0.05) is 18.2 Å². The third-order valence-corrected chi connectivity index (χ3v) is 4.35. The zero-order valence-corrected chi connectivity index (χ0v) is 11.9. The van der Waals surface area contributed by atoms with E-state index in [2.05, 4.69) is 10.3 Å². The lowest BCUT2D eigenvalue weighted by molar-refractivity contribution is -0.134. The molecule has 6 nitrogen and oxygen atoms in total. The van der Waals surface area contributed by atoms with E-state index < -0.39 is 5.54 Å². The Hall–Kier alpha value is -2.63. The smallest absolute Gasteiger partial charge is 0.325 e. The Kier molecular flexibility index (Phi) is 2.79. The molecule has 4 rings (SSSR count). The molecule has 0 radical (unpaired) electrons. The molecule has 22 heavy (non-hydrogen) atoms. The number of urea groups is 1. The number of oxazole rings is 1. The van der Waals surface area contributed by atoms with Gasteiger partial charge in [-0.25, -0.2) is 9.78 Å². The van der Waals surface area contributed by atoms with Crippen molar-refractivity contribution in [2.24, 2.45) is 0 Å². The molecule has 2 aromatic rings. The molecule has 1 spiro atoms. The van der Waals surface area contributed by atoms with Crippen molar-refractivity contribution in [3.05, 3.63) is 42.3 Å². The van der Waals surface area contributed by atoms with Crippen molar-refractivity contribution in [1.82, 2.24) is 15.2 Å². The Bertz CT molecular complexity index is 734. The molecule has 2 heterocycles. The molecule has 2 aliphatic rings. The normalized spacial score (nSPS) is 19.4. The molecule has 1 aromatic heterocycles. The van der Waals surface area contributed by atoms with Crippen molar-refractivity contribution in [3.8, 4) is 11.5 Å². The first-order valence-electron chi connectivity index (χ1n) is 7.32.